The van der Waals surface area contributed by atoms with E-state index in [2.05, 4.69) is 41.8 Å². The number of allylic oxidation sites excluding steroid dienone is 2. The van der Waals surface area contributed by atoms with Crippen LogP contribution in [0, 0.1) is 17.8 Å². The van der Waals surface area contributed by atoms with Crippen molar-refractivity contribution in [2.75, 3.05) is 10.6 Å². The molecule has 21 heavy (non-hydrogen) atoms. The molecule has 0 radical (unpaired) electrons. The largest absolute Gasteiger partial charge is 0.382 e. The first-order chi connectivity index (χ1) is 10.2. The van der Waals surface area contributed by atoms with Crippen LogP contribution in [0.3, 0.4) is 0 Å². The van der Waals surface area contributed by atoms with Crippen molar-refractivity contribution >= 4 is 17.3 Å². The van der Waals surface area contributed by atoms with Crippen LogP contribution < -0.4 is 10.6 Å². The minimum atomic E-state index is 0.130. The number of amides is 1. The highest BCUT2D eigenvalue weighted by atomic mass is 16.1. The molecule has 2 N–H and O–H groups in total. The Morgan fingerprint density at radius 1 is 1.24 bits per heavy atom. The summed E-state index contributed by atoms with van der Waals surface area (Å²) in [6.45, 7) is 2.31. The third kappa shape index (κ3) is 2.35. The second-order valence-corrected chi connectivity index (χ2v) is 6.80. The lowest BCUT2D eigenvalue weighted by Gasteiger charge is -2.28. The fourth-order valence-corrected chi connectivity index (χ4v) is 4.24. The van der Waals surface area contributed by atoms with Crippen molar-refractivity contribution in [1.82, 2.24) is 0 Å². The quantitative estimate of drug-likeness (QED) is 0.832. The molecular weight excluding hydrogens is 260 g/mol. The van der Waals surface area contributed by atoms with E-state index in [-0.39, 0.29) is 5.91 Å². The first kappa shape index (κ1) is 12.9. The predicted octanol–water partition coefficient (Wildman–Crippen LogP) is 3.58. The van der Waals surface area contributed by atoms with Gasteiger partial charge < -0.3 is 10.6 Å². The molecule has 1 amide bonds. The maximum absolute atomic E-state index is 11.4. The second-order valence-electron chi connectivity index (χ2n) is 6.80. The van der Waals surface area contributed by atoms with Crippen molar-refractivity contribution in [2.45, 2.75) is 38.6 Å². The Hall–Kier alpha value is -1.77. The Labute approximate surface area is 125 Å². The van der Waals surface area contributed by atoms with Crippen LogP contribution in [0.4, 0.5) is 11.4 Å². The van der Waals surface area contributed by atoms with Crippen molar-refractivity contribution in [1.29, 1.82) is 0 Å². The predicted molar refractivity (Wildman–Crippen MR) is 85.3 cm³/mol. The third-order valence-electron chi connectivity index (χ3n) is 5.37. The van der Waals surface area contributed by atoms with E-state index in [9.17, 15) is 4.79 Å². The summed E-state index contributed by atoms with van der Waals surface area (Å²) >= 11 is 0. The van der Waals surface area contributed by atoms with Crippen LogP contribution >= 0.6 is 0 Å². The summed E-state index contributed by atoms with van der Waals surface area (Å²) in [6.07, 6.45) is 8.95. The van der Waals surface area contributed by atoms with Crippen LogP contribution in [0.25, 0.3) is 0 Å². The average Bonchev–Trinajstić information content (AvgIpc) is 3.10. The first-order valence-corrected chi connectivity index (χ1v) is 8.06. The third-order valence-corrected chi connectivity index (χ3v) is 5.37. The van der Waals surface area contributed by atoms with Gasteiger partial charge in [0.2, 0.25) is 5.91 Å². The molecule has 1 aromatic carbocycles. The van der Waals surface area contributed by atoms with Crippen LogP contribution in [-0.2, 0) is 11.2 Å². The van der Waals surface area contributed by atoms with Crippen LogP contribution in [0.2, 0.25) is 0 Å². The van der Waals surface area contributed by atoms with Crippen molar-refractivity contribution in [2.24, 2.45) is 17.8 Å². The number of carbonyl (C=O) groups excluding carboxylic acids is 1. The number of benzene rings is 1. The maximum Gasteiger partial charge on any atom is 0.224 e. The SMILES string of the molecule is CC(Nc1ccc2c(c1)CCC(=O)N2)C1CC2C=CC1C2. The monoisotopic (exact) mass is 282 g/mol. The molecule has 1 fully saturated rings. The standard InChI is InChI=1S/C18H22N2O/c1-11(16-9-12-2-3-13(16)8-12)19-15-5-6-17-14(10-15)4-7-18(21)20-17/h2-3,5-6,10-13,16,19H,4,7-9H2,1H3,(H,20,21). The molecule has 3 aliphatic rings. The number of hydrogen-bond acceptors (Lipinski definition) is 2. The van der Waals surface area contributed by atoms with Gasteiger partial charge in [-0.05, 0) is 67.7 Å². The minimum Gasteiger partial charge on any atom is -0.382 e. The van der Waals surface area contributed by atoms with Gasteiger partial charge in [0.1, 0.15) is 0 Å². The topological polar surface area (TPSA) is 41.1 Å². The van der Waals surface area contributed by atoms with Crippen molar-refractivity contribution in [3.8, 4) is 0 Å². The molecule has 1 aliphatic heterocycles. The van der Waals surface area contributed by atoms with Gasteiger partial charge in [-0.15, -0.1) is 0 Å². The Kier molecular flexibility index (Phi) is 3.02. The van der Waals surface area contributed by atoms with E-state index in [0.717, 1.165) is 29.9 Å². The normalized spacial score (nSPS) is 30.9. The highest BCUT2D eigenvalue weighted by molar-refractivity contribution is 5.94. The fraction of sp³-hybridized carbons (Fsp3) is 0.500. The van der Waals surface area contributed by atoms with E-state index in [4.69, 9.17) is 0 Å². The van der Waals surface area contributed by atoms with Gasteiger partial charge in [0.25, 0.3) is 0 Å². The van der Waals surface area contributed by atoms with E-state index in [1.54, 1.807) is 0 Å². The van der Waals surface area contributed by atoms with Gasteiger partial charge in [0.15, 0.2) is 0 Å². The van der Waals surface area contributed by atoms with Gasteiger partial charge in [0, 0.05) is 23.8 Å². The lowest BCUT2D eigenvalue weighted by Crippen LogP contribution is -2.29. The van der Waals surface area contributed by atoms with E-state index in [1.807, 2.05) is 6.07 Å². The number of anilines is 2. The van der Waals surface area contributed by atoms with Crippen molar-refractivity contribution in [3.63, 3.8) is 0 Å². The molecule has 110 valence electrons. The number of fused-ring (bicyclic) bond motifs is 3. The van der Waals surface area contributed by atoms with Gasteiger partial charge in [-0.1, -0.05) is 12.2 Å². The summed E-state index contributed by atoms with van der Waals surface area (Å²) in [5, 5.41) is 6.63. The molecule has 3 heteroatoms. The number of carbonyl (C=O) groups is 1. The van der Waals surface area contributed by atoms with E-state index >= 15 is 0 Å². The minimum absolute atomic E-state index is 0.130. The summed E-state index contributed by atoms with van der Waals surface area (Å²) in [5.41, 5.74) is 3.41. The number of hydrogen-bond donors (Lipinski definition) is 2. The van der Waals surface area contributed by atoms with Crippen LogP contribution in [0.1, 0.15) is 31.7 Å². The van der Waals surface area contributed by atoms with Crippen LogP contribution in [0.15, 0.2) is 30.4 Å². The fourth-order valence-electron chi connectivity index (χ4n) is 4.24. The zero-order valence-corrected chi connectivity index (χ0v) is 12.4. The smallest absolute Gasteiger partial charge is 0.224 e. The molecular formula is C18H22N2O. The van der Waals surface area contributed by atoms with Gasteiger partial charge in [0.05, 0.1) is 0 Å². The van der Waals surface area contributed by atoms with Crippen molar-refractivity contribution < 1.29 is 4.79 Å². The molecule has 2 aliphatic carbocycles. The lowest BCUT2D eigenvalue weighted by atomic mass is 9.87. The number of aryl methyl sites for hydroxylation is 1. The molecule has 0 aromatic heterocycles. The van der Waals surface area contributed by atoms with E-state index < -0.39 is 0 Å². The summed E-state index contributed by atoms with van der Waals surface area (Å²) in [6, 6.07) is 6.82. The number of nitrogens with one attached hydrogen (secondary N) is 2. The van der Waals surface area contributed by atoms with Gasteiger partial charge >= 0.3 is 0 Å². The molecule has 1 saturated carbocycles. The first-order valence-electron chi connectivity index (χ1n) is 8.06. The van der Waals surface area contributed by atoms with Gasteiger partial charge in [-0.2, -0.15) is 0 Å². The van der Waals surface area contributed by atoms with E-state index in [1.165, 1.54) is 24.1 Å². The van der Waals surface area contributed by atoms with Crippen molar-refractivity contribution in [3.05, 3.63) is 35.9 Å². The molecule has 1 aromatic rings. The molecule has 0 spiro atoms. The van der Waals surface area contributed by atoms with Gasteiger partial charge in [-0.25, -0.2) is 0 Å². The molecule has 0 saturated heterocycles. The Morgan fingerprint density at radius 2 is 2.14 bits per heavy atom. The summed E-state index contributed by atoms with van der Waals surface area (Å²) < 4.78 is 0. The zero-order valence-electron chi connectivity index (χ0n) is 12.4. The van der Waals surface area contributed by atoms with Crippen LogP contribution in [0.5, 0.6) is 0 Å². The van der Waals surface area contributed by atoms with Gasteiger partial charge in [-0.3, -0.25) is 4.79 Å². The summed E-state index contributed by atoms with van der Waals surface area (Å²) in [5.74, 6) is 2.48. The molecule has 4 rings (SSSR count). The Morgan fingerprint density at radius 3 is 2.90 bits per heavy atom. The van der Waals surface area contributed by atoms with E-state index in [0.29, 0.717) is 12.5 Å². The Bertz CT molecular complexity index is 607. The number of rotatable bonds is 3. The zero-order chi connectivity index (χ0) is 14.4. The molecule has 4 unspecified atom stereocenters. The highest BCUT2D eigenvalue weighted by Gasteiger charge is 2.38. The summed E-state index contributed by atoms with van der Waals surface area (Å²) in [4.78, 5) is 11.4. The Balaban J connectivity index is 1.47. The molecule has 4 atom stereocenters. The molecule has 3 nitrogen and oxygen atoms in total. The van der Waals surface area contributed by atoms with Crippen LogP contribution in [-0.4, -0.2) is 11.9 Å². The maximum atomic E-state index is 11.4. The second kappa shape index (κ2) is 4.90. The summed E-state index contributed by atoms with van der Waals surface area (Å²) in [7, 11) is 0. The lowest BCUT2D eigenvalue weighted by molar-refractivity contribution is -0.116. The highest BCUT2D eigenvalue weighted by Crippen LogP contribution is 2.45. The average molecular weight is 282 g/mol. The molecule has 2 bridgehead atoms. The molecule has 1 heterocycles.